The van der Waals surface area contributed by atoms with Gasteiger partial charge in [-0.25, -0.2) is 9.97 Å². The first kappa shape index (κ1) is 16.0. The quantitative estimate of drug-likeness (QED) is 0.755. The molecule has 0 amide bonds. The second kappa shape index (κ2) is 6.70. The zero-order chi connectivity index (χ0) is 17.1. The predicted molar refractivity (Wildman–Crippen MR) is 95.2 cm³/mol. The summed E-state index contributed by atoms with van der Waals surface area (Å²) in [5.41, 5.74) is 2.33. The number of nitrogens with zero attached hydrogens (tertiary/aromatic N) is 4. The van der Waals surface area contributed by atoms with Gasteiger partial charge in [-0.15, -0.1) is 0 Å². The molecule has 24 heavy (non-hydrogen) atoms. The summed E-state index contributed by atoms with van der Waals surface area (Å²) in [6.45, 7) is 8.73. The minimum Gasteiger partial charge on any atom is -0.360 e. The Hall–Kier alpha value is -2.89. The van der Waals surface area contributed by atoms with Crippen LogP contribution in [0, 0.1) is 20.8 Å². The lowest BCUT2D eigenvalue weighted by Gasteiger charge is -2.23. The largest absolute Gasteiger partial charge is 0.360 e. The van der Waals surface area contributed by atoms with Gasteiger partial charge in [-0.1, -0.05) is 17.3 Å². The third-order valence-corrected chi connectivity index (χ3v) is 3.61. The Labute approximate surface area is 141 Å². The molecule has 0 atom stereocenters. The van der Waals surface area contributed by atoms with Crippen LogP contribution in [0.15, 0.2) is 40.9 Å². The second-order valence-electron chi connectivity index (χ2n) is 5.69. The smallest absolute Gasteiger partial charge is 0.175 e. The van der Waals surface area contributed by atoms with E-state index < -0.39 is 0 Å². The summed E-state index contributed by atoms with van der Waals surface area (Å²) in [6.07, 6.45) is 0. The Morgan fingerprint density at radius 1 is 1.04 bits per heavy atom. The summed E-state index contributed by atoms with van der Waals surface area (Å²) < 4.78 is 5.08. The fraction of sp³-hybridized carbons (Fsp3) is 0.278. The zero-order valence-corrected chi connectivity index (χ0v) is 14.4. The van der Waals surface area contributed by atoms with Crippen molar-refractivity contribution < 1.29 is 4.52 Å². The van der Waals surface area contributed by atoms with Crippen molar-refractivity contribution in [2.45, 2.75) is 27.7 Å². The van der Waals surface area contributed by atoms with Crippen LogP contribution in [0.25, 0.3) is 0 Å². The number of hydrogen-bond donors (Lipinski definition) is 1. The molecule has 0 spiro atoms. The molecule has 1 N–H and O–H groups in total. The van der Waals surface area contributed by atoms with Crippen molar-refractivity contribution in [1.29, 1.82) is 0 Å². The van der Waals surface area contributed by atoms with E-state index in [0.717, 1.165) is 23.8 Å². The summed E-state index contributed by atoms with van der Waals surface area (Å²) in [6, 6.07) is 12.1. The van der Waals surface area contributed by atoms with E-state index in [2.05, 4.69) is 63.5 Å². The summed E-state index contributed by atoms with van der Waals surface area (Å²) in [7, 11) is 0. The van der Waals surface area contributed by atoms with Crippen LogP contribution in [0.2, 0.25) is 0 Å². The molecule has 2 heterocycles. The summed E-state index contributed by atoms with van der Waals surface area (Å²) in [5.74, 6) is 3.62. The van der Waals surface area contributed by atoms with Gasteiger partial charge in [0.15, 0.2) is 5.82 Å². The normalized spacial score (nSPS) is 10.7. The van der Waals surface area contributed by atoms with Crippen LogP contribution in [-0.4, -0.2) is 21.7 Å². The number of rotatable bonds is 5. The van der Waals surface area contributed by atoms with Gasteiger partial charge in [0, 0.05) is 24.4 Å². The SMILES string of the molecule is CCN(c1cccc(C)c1)c1cc(Nc2cc(C)on2)nc(C)n1. The number of nitrogens with one attached hydrogen (secondary N) is 1. The van der Waals surface area contributed by atoms with E-state index >= 15 is 0 Å². The lowest BCUT2D eigenvalue weighted by Crippen LogP contribution is -2.18. The first-order chi connectivity index (χ1) is 11.5. The van der Waals surface area contributed by atoms with E-state index in [1.807, 2.05) is 26.0 Å². The highest BCUT2D eigenvalue weighted by Crippen LogP contribution is 2.26. The monoisotopic (exact) mass is 323 g/mol. The predicted octanol–water partition coefficient (Wildman–Crippen LogP) is 4.29. The van der Waals surface area contributed by atoms with Crippen LogP contribution in [-0.2, 0) is 0 Å². The number of benzene rings is 1. The maximum atomic E-state index is 5.08. The van der Waals surface area contributed by atoms with Gasteiger partial charge in [0.25, 0.3) is 0 Å². The summed E-state index contributed by atoms with van der Waals surface area (Å²) in [5, 5.41) is 7.11. The lowest BCUT2D eigenvalue weighted by atomic mass is 10.2. The van der Waals surface area contributed by atoms with Gasteiger partial charge in [0.05, 0.1) is 0 Å². The fourth-order valence-electron chi connectivity index (χ4n) is 2.58. The molecule has 0 saturated carbocycles. The lowest BCUT2D eigenvalue weighted by molar-refractivity contribution is 0.400. The van der Waals surface area contributed by atoms with Crippen LogP contribution < -0.4 is 10.2 Å². The van der Waals surface area contributed by atoms with Gasteiger partial charge in [-0.2, -0.15) is 0 Å². The van der Waals surface area contributed by atoms with Crippen LogP contribution in [0.5, 0.6) is 0 Å². The molecular formula is C18H21N5O. The molecule has 0 unspecified atom stereocenters. The van der Waals surface area contributed by atoms with Crippen LogP contribution in [0.4, 0.5) is 23.1 Å². The minimum absolute atomic E-state index is 0.634. The number of anilines is 4. The van der Waals surface area contributed by atoms with Crippen molar-refractivity contribution in [3.05, 3.63) is 53.5 Å². The third kappa shape index (κ3) is 3.53. The van der Waals surface area contributed by atoms with Gasteiger partial charge in [-0.05, 0) is 45.4 Å². The highest BCUT2D eigenvalue weighted by molar-refractivity contribution is 5.64. The molecule has 0 bridgehead atoms. The Morgan fingerprint density at radius 3 is 2.54 bits per heavy atom. The van der Waals surface area contributed by atoms with E-state index in [0.29, 0.717) is 17.5 Å². The average molecular weight is 323 g/mol. The highest BCUT2D eigenvalue weighted by atomic mass is 16.5. The van der Waals surface area contributed by atoms with Crippen molar-refractivity contribution in [2.24, 2.45) is 0 Å². The van der Waals surface area contributed by atoms with Crippen molar-refractivity contribution >= 4 is 23.1 Å². The van der Waals surface area contributed by atoms with Crippen LogP contribution in [0.1, 0.15) is 24.1 Å². The Bertz CT molecular complexity index is 843. The van der Waals surface area contributed by atoms with E-state index in [1.54, 1.807) is 0 Å². The van der Waals surface area contributed by atoms with Gasteiger partial charge < -0.3 is 14.7 Å². The van der Waals surface area contributed by atoms with Crippen molar-refractivity contribution in [1.82, 2.24) is 15.1 Å². The molecule has 1 aromatic carbocycles. The van der Waals surface area contributed by atoms with Crippen molar-refractivity contribution in [3.8, 4) is 0 Å². The van der Waals surface area contributed by atoms with Crippen molar-refractivity contribution in [2.75, 3.05) is 16.8 Å². The average Bonchev–Trinajstić information content (AvgIpc) is 2.92. The third-order valence-electron chi connectivity index (χ3n) is 3.61. The topological polar surface area (TPSA) is 67.1 Å². The Balaban J connectivity index is 1.94. The first-order valence-electron chi connectivity index (χ1n) is 7.95. The molecule has 0 fully saturated rings. The van der Waals surface area contributed by atoms with Crippen LogP contribution in [0.3, 0.4) is 0 Å². The van der Waals surface area contributed by atoms with Gasteiger partial charge >= 0.3 is 0 Å². The van der Waals surface area contributed by atoms with Gasteiger partial charge in [-0.3, -0.25) is 0 Å². The molecule has 6 heteroatoms. The van der Waals surface area contributed by atoms with E-state index in [9.17, 15) is 0 Å². The molecule has 3 aromatic rings. The Kier molecular flexibility index (Phi) is 4.46. The van der Waals surface area contributed by atoms with Gasteiger partial charge in [0.2, 0.25) is 0 Å². The molecule has 0 radical (unpaired) electrons. The van der Waals surface area contributed by atoms with Gasteiger partial charge in [0.1, 0.15) is 23.2 Å². The fourth-order valence-corrected chi connectivity index (χ4v) is 2.58. The van der Waals surface area contributed by atoms with E-state index in [4.69, 9.17) is 4.52 Å². The molecule has 0 aliphatic heterocycles. The summed E-state index contributed by atoms with van der Waals surface area (Å²) in [4.78, 5) is 11.2. The second-order valence-corrected chi connectivity index (χ2v) is 5.69. The molecule has 3 rings (SSSR count). The molecule has 6 nitrogen and oxygen atoms in total. The minimum atomic E-state index is 0.634. The molecule has 0 aliphatic carbocycles. The maximum absolute atomic E-state index is 5.08. The number of aromatic nitrogens is 3. The van der Waals surface area contributed by atoms with E-state index in [1.165, 1.54) is 5.56 Å². The first-order valence-corrected chi connectivity index (χ1v) is 7.95. The molecule has 0 aliphatic rings. The molecule has 2 aromatic heterocycles. The molecule has 0 saturated heterocycles. The Morgan fingerprint density at radius 2 is 1.88 bits per heavy atom. The maximum Gasteiger partial charge on any atom is 0.175 e. The standard InChI is InChI=1S/C18H21N5O/c1-5-23(15-8-6-7-12(2)9-15)18-11-16(19-14(4)20-18)21-17-10-13(3)24-22-17/h6-11H,5H2,1-4H3,(H,19,20,21,22). The molecular weight excluding hydrogens is 302 g/mol. The number of aryl methyl sites for hydroxylation is 3. The zero-order valence-electron chi connectivity index (χ0n) is 14.4. The van der Waals surface area contributed by atoms with Crippen LogP contribution >= 0.6 is 0 Å². The highest BCUT2D eigenvalue weighted by Gasteiger charge is 2.12. The van der Waals surface area contributed by atoms with E-state index in [-0.39, 0.29) is 0 Å². The molecule has 124 valence electrons. The summed E-state index contributed by atoms with van der Waals surface area (Å²) >= 11 is 0. The number of hydrogen-bond acceptors (Lipinski definition) is 6. The van der Waals surface area contributed by atoms with Crippen molar-refractivity contribution in [3.63, 3.8) is 0 Å².